The Bertz CT molecular complexity index is 991. The highest BCUT2D eigenvalue weighted by molar-refractivity contribution is 6.31. The molecule has 2 aromatic carbocycles. The van der Waals surface area contributed by atoms with Crippen LogP contribution >= 0.6 is 11.6 Å². The molecule has 28 heavy (non-hydrogen) atoms. The maximum atomic E-state index is 13.2. The summed E-state index contributed by atoms with van der Waals surface area (Å²) in [5, 5.41) is 6.07. The summed E-state index contributed by atoms with van der Waals surface area (Å²) in [5.41, 5.74) is 2.23. The number of hydrogen-bond acceptors (Lipinski definition) is 3. The highest BCUT2D eigenvalue weighted by Gasteiger charge is 2.54. The largest absolute Gasteiger partial charge is 0.325 e. The molecule has 1 unspecified atom stereocenters. The van der Waals surface area contributed by atoms with Crippen molar-refractivity contribution in [3.63, 3.8) is 0 Å². The predicted molar refractivity (Wildman–Crippen MR) is 106 cm³/mol. The fourth-order valence-electron chi connectivity index (χ4n) is 3.97. The number of carbonyl (C=O) groups excluding carboxylic acids is 3. The average molecular weight is 398 g/mol. The van der Waals surface area contributed by atoms with Crippen LogP contribution in [0.15, 0.2) is 42.5 Å². The molecule has 2 aromatic rings. The summed E-state index contributed by atoms with van der Waals surface area (Å²) in [7, 11) is 0. The van der Waals surface area contributed by atoms with Gasteiger partial charge in [-0.05, 0) is 55.0 Å². The number of anilines is 1. The van der Waals surface area contributed by atoms with Crippen molar-refractivity contribution in [3.8, 4) is 0 Å². The lowest BCUT2D eigenvalue weighted by Crippen LogP contribution is -2.47. The summed E-state index contributed by atoms with van der Waals surface area (Å²) in [6, 6.07) is 12.3. The van der Waals surface area contributed by atoms with Gasteiger partial charge in [-0.1, -0.05) is 41.9 Å². The van der Waals surface area contributed by atoms with Gasteiger partial charge in [0.15, 0.2) is 0 Å². The number of aryl methyl sites for hydroxylation is 2. The zero-order valence-electron chi connectivity index (χ0n) is 15.4. The topological polar surface area (TPSA) is 78.5 Å². The number of amides is 4. The van der Waals surface area contributed by atoms with Gasteiger partial charge in [0.05, 0.1) is 0 Å². The second-order valence-electron chi connectivity index (χ2n) is 7.25. The van der Waals surface area contributed by atoms with Crippen LogP contribution in [0, 0.1) is 6.92 Å². The summed E-state index contributed by atoms with van der Waals surface area (Å²) in [4.78, 5) is 39.2. The summed E-state index contributed by atoms with van der Waals surface area (Å²) < 4.78 is 0. The smallest absolute Gasteiger partial charge is 0.324 e. The van der Waals surface area contributed by atoms with Crippen molar-refractivity contribution in [2.75, 3.05) is 11.9 Å². The van der Waals surface area contributed by atoms with E-state index >= 15 is 0 Å². The molecule has 1 atom stereocenters. The van der Waals surface area contributed by atoms with Crippen molar-refractivity contribution < 1.29 is 14.4 Å². The van der Waals surface area contributed by atoms with Crippen LogP contribution < -0.4 is 10.6 Å². The van der Waals surface area contributed by atoms with Crippen molar-refractivity contribution in [2.45, 2.75) is 31.7 Å². The molecule has 0 bridgehead atoms. The Balaban J connectivity index is 1.54. The molecule has 0 aromatic heterocycles. The van der Waals surface area contributed by atoms with Gasteiger partial charge in [-0.3, -0.25) is 14.5 Å². The summed E-state index contributed by atoms with van der Waals surface area (Å²) in [6.07, 6.45) is 2.20. The van der Waals surface area contributed by atoms with Gasteiger partial charge >= 0.3 is 6.03 Å². The number of carbonyl (C=O) groups is 3. The van der Waals surface area contributed by atoms with Crippen molar-refractivity contribution in [2.24, 2.45) is 0 Å². The van der Waals surface area contributed by atoms with Crippen molar-refractivity contribution in [1.29, 1.82) is 0 Å². The van der Waals surface area contributed by atoms with Gasteiger partial charge in [-0.15, -0.1) is 0 Å². The lowest BCUT2D eigenvalue weighted by atomic mass is 9.76. The van der Waals surface area contributed by atoms with Crippen LogP contribution in [0.3, 0.4) is 0 Å². The number of nitrogens with zero attached hydrogens (tertiary/aromatic N) is 1. The number of fused-ring (bicyclic) bond motifs is 2. The first-order valence-electron chi connectivity index (χ1n) is 9.19. The van der Waals surface area contributed by atoms with Gasteiger partial charge in [0.2, 0.25) is 5.91 Å². The normalized spacial score (nSPS) is 20.9. The van der Waals surface area contributed by atoms with E-state index in [2.05, 4.69) is 10.6 Å². The van der Waals surface area contributed by atoms with E-state index in [0.717, 1.165) is 34.4 Å². The first kappa shape index (κ1) is 18.5. The Labute approximate surface area is 167 Å². The SMILES string of the molecule is Cc1ccc(NC(=O)CN2C(=O)NC3(CCCc4ccccc43)C2=O)cc1Cl. The third-order valence-electron chi connectivity index (χ3n) is 5.41. The van der Waals surface area contributed by atoms with Crippen molar-refractivity contribution in [1.82, 2.24) is 10.2 Å². The highest BCUT2D eigenvalue weighted by Crippen LogP contribution is 2.39. The lowest BCUT2D eigenvalue weighted by Gasteiger charge is -2.33. The lowest BCUT2D eigenvalue weighted by molar-refractivity contribution is -0.134. The molecule has 1 aliphatic carbocycles. The molecule has 2 N–H and O–H groups in total. The average Bonchev–Trinajstić information content (AvgIpc) is 2.90. The second kappa shape index (κ2) is 6.95. The van der Waals surface area contributed by atoms with Gasteiger partial charge in [0.1, 0.15) is 12.1 Å². The molecular weight excluding hydrogens is 378 g/mol. The quantitative estimate of drug-likeness (QED) is 0.779. The molecule has 1 heterocycles. The van der Waals surface area contributed by atoms with Crippen LogP contribution in [-0.4, -0.2) is 29.3 Å². The third kappa shape index (κ3) is 3.03. The molecule has 1 fully saturated rings. The first-order chi connectivity index (χ1) is 13.4. The number of urea groups is 1. The Morgan fingerprint density at radius 2 is 2.04 bits per heavy atom. The van der Waals surface area contributed by atoms with Gasteiger partial charge in [0.25, 0.3) is 5.91 Å². The third-order valence-corrected chi connectivity index (χ3v) is 5.82. The maximum Gasteiger partial charge on any atom is 0.325 e. The van der Waals surface area contributed by atoms with Crippen LogP contribution in [0.5, 0.6) is 0 Å². The molecule has 4 amide bonds. The van der Waals surface area contributed by atoms with E-state index in [0.29, 0.717) is 17.1 Å². The number of imide groups is 1. The minimum absolute atomic E-state index is 0.347. The molecule has 7 heteroatoms. The molecular formula is C21H20ClN3O3. The van der Waals surface area contributed by atoms with Gasteiger partial charge in [0, 0.05) is 10.7 Å². The molecule has 1 saturated heterocycles. The molecule has 144 valence electrons. The summed E-state index contributed by atoms with van der Waals surface area (Å²) >= 11 is 6.08. The molecule has 1 spiro atoms. The standard InChI is InChI=1S/C21H20ClN3O3/c1-13-8-9-15(11-17(13)22)23-18(26)12-25-19(27)21(24-20(25)28)10-4-6-14-5-2-3-7-16(14)21/h2-3,5,7-9,11H,4,6,10,12H2,1H3,(H,23,26)(H,24,28). The Morgan fingerprint density at radius 3 is 2.82 bits per heavy atom. The van der Waals surface area contributed by atoms with E-state index in [9.17, 15) is 14.4 Å². The number of nitrogens with one attached hydrogen (secondary N) is 2. The van der Waals surface area contributed by atoms with E-state index in [-0.39, 0.29) is 12.5 Å². The molecule has 2 aliphatic rings. The van der Waals surface area contributed by atoms with Crippen molar-refractivity contribution >= 4 is 35.1 Å². The van der Waals surface area contributed by atoms with Crippen LogP contribution in [0.1, 0.15) is 29.5 Å². The van der Waals surface area contributed by atoms with E-state index in [1.54, 1.807) is 18.2 Å². The van der Waals surface area contributed by atoms with Crippen molar-refractivity contribution in [3.05, 3.63) is 64.2 Å². The van der Waals surface area contributed by atoms with Crippen LogP contribution in [0.2, 0.25) is 5.02 Å². The van der Waals surface area contributed by atoms with Crippen LogP contribution in [0.4, 0.5) is 10.5 Å². The van der Waals surface area contributed by atoms with Crippen LogP contribution in [-0.2, 0) is 21.5 Å². The number of rotatable bonds is 3. The highest BCUT2D eigenvalue weighted by atomic mass is 35.5. The van der Waals surface area contributed by atoms with E-state index < -0.39 is 17.5 Å². The van der Waals surface area contributed by atoms with Gasteiger partial charge in [-0.25, -0.2) is 4.79 Å². The molecule has 0 saturated carbocycles. The number of benzene rings is 2. The summed E-state index contributed by atoms with van der Waals surface area (Å²) in [5.74, 6) is -0.827. The fraction of sp³-hybridized carbons (Fsp3) is 0.286. The minimum atomic E-state index is -1.07. The number of hydrogen-bond donors (Lipinski definition) is 2. The Hall–Kier alpha value is -2.86. The maximum absolute atomic E-state index is 13.2. The first-order valence-corrected chi connectivity index (χ1v) is 9.57. The van der Waals surface area contributed by atoms with E-state index in [1.165, 1.54) is 0 Å². The zero-order valence-corrected chi connectivity index (χ0v) is 16.2. The zero-order chi connectivity index (χ0) is 19.9. The molecule has 4 rings (SSSR count). The van der Waals surface area contributed by atoms with Gasteiger partial charge < -0.3 is 10.6 Å². The fourth-order valence-corrected chi connectivity index (χ4v) is 4.15. The van der Waals surface area contributed by atoms with Crippen LogP contribution in [0.25, 0.3) is 0 Å². The van der Waals surface area contributed by atoms with Gasteiger partial charge in [-0.2, -0.15) is 0 Å². The minimum Gasteiger partial charge on any atom is -0.324 e. The molecule has 6 nitrogen and oxygen atoms in total. The molecule has 1 aliphatic heterocycles. The number of halogens is 1. The second-order valence-corrected chi connectivity index (χ2v) is 7.66. The summed E-state index contributed by atoms with van der Waals surface area (Å²) in [6.45, 7) is 1.52. The Kier molecular flexibility index (Phi) is 4.59. The molecule has 0 radical (unpaired) electrons. The van der Waals surface area contributed by atoms with E-state index in [4.69, 9.17) is 11.6 Å². The Morgan fingerprint density at radius 1 is 1.25 bits per heavy atom. The van der Waals surface area contributed by atoms with E-state index in [1.807, 2.05) is 31.2 Å². The monoisotopic (exact) mass is 397 g/mol. The predicted octanol–water partition coefficient (Wildman–Crippen LogP) is 3.37.